The lowest BCUT2D eigenvalue weighted by atomic mass is 10.1. The summed E-state index contributed by atoms with van der Waals surface area (Å²) in [5.41, 5.74) is 6.22. The molecule has 9 heteroatoms. The Labute approximate surface area is 193 Å². The number of rotatable bonds is 8. The van der Waals surface area contributed by atoms with E-state index < -0.39 is 11.8 Å². The molecule has 170 valence electrons. The summed E-state index contributed by atoms with van der Waals surface area (Å²) in [5.74, 6) is -0.0624. The third kappa shape index (κ3) is 7.99. The second kappa shape index (κ2) is 12.4. The summed E-state index contributed by atoms with van der Waals surface area (Å²) in [6.07, 6.45) is 1.23. The van der Waals surface area contributed by atoms with Gasteiger partial charge < -0.3 is 10.1 Å². The van der Waals surface area contributed by atoms with Gasteiger partial charge >= 0.3 is 0 Å². The molecule has 0 saturated heterocycles. The highest BCUT2D eigenvalue weighted by molar-refractivity contribution is 7.80. The summed E-state index contributed by atoms with van der Waals surface area (Å²) in [6.45, 7) is 6.45. The number of hydrazine groups is 1. The van der Waals surface area contributed by atoms with Crippen LogP contribution in [0.3, 0.4) is 0 Å². The summed E-state index contributed by atoms with van der Waals surface area (Å²) in [5, 5.41) is 5.16. The maximum Gasteiger partial charge on any atom is 0.269 e. The van der Waals surface area contributed by atoms with Gasteiger partial charge in [-0.2, -0.15) is 0 Å². The summed E-state index contributed by atoms with van der Waals surface area (Å²) in [4.78, 5) is 36.3. The van der Waals surface area contributed by atoms with E-state index in [4.69, 9.17) is 17.0 Å². The second-order valence-corrected chi connectivity index (χ2v) is 7.78. The lowest BCUT2D eigenvalue weighted by molar-refractivity contribution is -0.115. The van der Waals surface area contributed by atoms with Crippen molar-refractivity contribution in [2.45, 2.75) is 33.6 Å². The highest BCUT2D eigenvalue weighted by atomic mass is 32.1. The lowest BCUT2D eigenvalue weighted by Gasteiger charge is -2.14. The zero-order valence-electron chi connectivity index (χ0n) is 18.4. The Morgan fingerprint density at radius 1 is 0.969 bits per heavy atom. The minimum Gasteiger partial charge on any atom is -0.493 e. The van der Waals surface area contributed by atoms with Crippen molar-refractivity contribution in [3.05, 3.63) is 59.7 Å². The minimum atomic E-state index is -0.451. The smallest absolute Gasteiger partial charge is 0.269 e. The number of carbonyl (C=O) groups excluding carboxylic acids is 3. The fourth-order valence-electron chi connectivity index (χ4n) is 2.53. The largest absolute Gasteiger partial charge is 0.493 e. The Bertz CT molecular complexity index is 961. The molecule has 0 fully saturated rings. The van der Waals surface area contributed by atoms with E-state index in [1.165, 1.54) is 0 Å². The molecule has 0 aliphatic rings. The number of hydrogen-bond acceptors (Lipinski definition) is 5. The zero-order valence-corrected chi connectivity index (χ0v) is 19.2. The molecular formula is C23H28N4O4S. The SMILES string of the molecule is CCC(=O)Nc1ccc(C(=O)NNC(=S)NC(=O)c2ccccc2OCCC(C)C)cc1. The molecule has 32 heavy (non-hydrogen) atoms. The predicted octanol–water partition coefficient (Wildman–Crippen LogP) is 3.41. The van der Waals surface area contributed by atoms with Crippen LogP contribution in [0, 0.1) is 5.92 Å². The van der Waals surface area contributed by atoms with E-state index in [0.717, 1.165) is 6.42 Å². The van der Waals surface area contributed by atoms with Gasteiger partial charge in [0.25, 0.3) is 11.8 Å². The molecule has 0 heterocycles. The molecule has 0 bridgehead atoms. The van der Waals surface area contributed by atoms with Gasteiger partial charge in [0.15, 0.2) is 5.11 Å². The molecule has 2 aromatic rings. The van der Waals surface area contributed by atoms with Crippen molar-refractivity contribution in [3.63, 3.8) is 0 Å². The Morgan fingerprint density at radius 3 is 2.31 bits per heavy atom. The third-order valence-electron chi connectivity index (χ3n) is 4.35. The van der Waals surface area contributed by atoms with E-state index in [2.05, 4.69) is 35.3 Å². The van der Waals surface area contributed by atoms with Gasteiger partial charge in [-0.05, 0) is 61.0 Å². The molecular weight excluding hydrogens is 428 g/mol. The van der Waals surface area contributed by atoms with E-state index >= 15 is 0 Å². The van der Waals surface area contributed by atoms with Gasteiger partial charge in [-0.1, -0.05) is 32.9 Å². The van der Waals surface area contributed by atoms with Crippen LogP contribution in [0.4, 0.5) is 5.69 Å². The van der Waals surface area contributed by atoms with Gasteiger partial charge in [-0.15, -0.1) is 0 Å². The van der Waals surface area contributed by atoms with Crippen LogP contribution in [0.2, 0.25) is 0 Å². The maximum absolute atomic E-state index is 12.6. The molecule has 0 spiro atoms. The van der Waals surface area contributed by atoms with E-state index in [9.17, 15) is 14.4 Å². The van der Waals surface area contributed by atoms with E-state index in [1.54, 1.807) is 55.5 Å². The summed E-state index contributed by atoms with van der Waals surface area (Å²) >= 11 is 5.10. The fraction of sp³-hybridized carbons (Fsp3) is 0.304. The Morgan fingerprint density at radius 2 is 1.66 bits per heavy atom. The molecule has 0 saturated carbocycles. The molecule has 0 unspecified atom stereocenters. The second-order valence-electron chi connectivity index (χ2n) is 7.37. The number of hydrogen-bond donors (Lipinski definition) is 4. The standard InChI is InChI=1S/C23H28N4O4S/c1-4-20(28)24-17-11-9-16(10-12-17)21(29)26-27-23(32)25-22(30)18-7-5-6-8-19(18)31-14-13-15(2)3/h5-12,15H,4,13-14H2,1-3H3,(H,24,28)(H,26,29)(H2,25,27,30,32). The van der Waals surface area contributed by atoms with Crippen molar-refractivity contribution in [2.24, 2.45) is 5.92 Å². The third-order valence-corrected chi connectivity index (χ3v) is 4.56. The van der Waals surface area contributed by atoms with Crippen LogP contribution in [0.25, 0.3) is 0 Å². The summed E-state index contributed by atoms with van der Waals surface area (Å²) in [7, 11) is 0. The van der Waals surface area contributed by atoms with Gasteiger partial charge in [-0.25, -0.2) is 0 Å². The molecule has 0 atom stereocenters. The van der Waals surface area contributed by atoms with Crippen LogP contribution in [-0.2, 0) is 4.79 Å². The molecule has 2 aromatic carbocycles. The van der Waals surface area contributed by atoms with E-state index in [0.29, 0.717) is 41.5 Å². The highest BCUT2D eigenvalue weighted by Crippen LogP contribution is 2.18. The van der Waals surface area contributed by atoms with Crippen LogP contribution in [0.5, 0.6) is 5.75 Å². The number of para-hydroxylation sites is 1. The average Bonchev–Trinajstić information content (AvgIpc) is 2.78. The van der Waals surface area contributed by atoms with Crippen molar-refractivity contribution >= 4 is 40.7 Å². The number of benzene rings is 2. The maximum atomic E-state index is 12.6. The number of amides is 3. The first-order valence-corrected chi connectivity index (χ1v) is 10.7. The fourth-order valence-corrected chi connectivity index (χ4v) is 2.67. The van der Waals surface area contributed by atoms with Gasteiger partial charge in [0.1, 0.15) is 5.75 Å². The number of anilines is 1. The zero-order chi connectivity index (χ0) is 23.5. The van der Waals surface area contributed by atoms with Crippen molar-refractivity contribution < 1.29 is 19.1 Å². The van der Waals surface area contributed by atoms with Crippen LogP contribution in [0.15, 0.2) is 48.5 Å². The molecule has 2 rings (SSSR count). The molecule has 0 aromatic heterocycles. The Balaban J connectivity index is 1.87. The van der Waals surface area contributed by atoms with Gasteiger partial charge in [-0.3, -0.25) is 30.6 Å². The average molecular weight is 457 g/mol. The molecule has 0 aliphatic carbocycles. The van der Waals surface area contributed by atoms with Crippen molar-refractivity contribution in [1.82, 2.24) is 16.2 Å². The Hall–Kier alpha value is -3.46. The Kier molecular flexibility index (Phi) is 9.62. The van der Waals surface area contributed by atoms with Gasteiger partial charge in [0, 0.05) is 17.7 Å². The first-order valence-electron chi connectivity index (χ1n) is 10.3. The first-order chi connectivity index (χ1) is 15.3. The predicted molar refractivity (Wildman–Crippen MR) is 127 cm³/mol. The molecule has 8 nitrogen and oxygen atoms in total. The summed E-state index contributed by atoms with van der Waals surface area (Å²) < 4.78 is 5.73. The van der Waals surface area contributed by atoms with Gasteiger partial charge in [0.2, 0.25) is 5.91 Å². The van der Waals surface area contributed by atoms with Gasteiger partial charge in [0.05, 0.1) is 12.2 Å². The van der Waals surface area contributed by atoms with Crippen LogP contribution < -0.4 is 26.2 Å². The molecule has 0 radical (unpaired) electrons. The quantitative estimate of drug-likeness (QED) is 0.358. The number of thiocarbonyl (C=S) groups is 1. The molecule has 0 aliphatic heterocycles. The highest BCUT2D eigenvalue weighted by Gasteiger charge is 2.14. The van der Waals surface area contributed by atoms with Crippen molar-refractivity contribution in [1.29, 1.82) is 0 Å². The first kappa shape index (κ1) is 24.8. The normalized spacial score (nSPS) is 10.2. The number of nitrogens with one attached hydrogen (secondary N) is 4. The number of carbonyl (C=O) groups is 3. The number of ether oxygens (including phenoxy) is 1. The van der Waals surface area contributed by atoms with Crippen LogP contribution in [-0.4, -0.2) is 29.4 Å². The monoisotopic (exact) mass is 456 g/mol. The summed E-state index contributed by atoms with van der Waals surface area (Å²) in [6, 6.07) is 13.3. The van der Waals surface area contributed by atoms with Crippen molar-refractivity contribution in [3.8, 4) is 5.75 Å². The van der Waals surface area contributed by atoms with Crippen LogP contribution in [0.1, 0.15) is 54.3 Å². The van der Waals surface area contributed by atoms with E-state index in [1.807, 2.05) is 0 Å². The topological polar surface area (TPSA) is 109 Å². The van der Waals surface area contributed by atoms with Crippen molar-refractivity contribution in [2.75, 3.05) is 11.9 Å². The molecule has 3 amide bonds. The van der Waals surface area contributed by atoms with E-state index in [-0.39, 0.29) is 11.0 Å². The molecule has 4 N–H and O–H groups in total. The van der Waals surface area contributed by atoms with Crippen LogP contribution >= 0.6 is 12.2 Å². The minimum absolute atomic E-state index is 0.0628. The lowest BCUT2D eigenvalue weighted by Crippen LogP contribution is -2.48.